The van der Waals surface area contributed by atoms with Gasteiger partial charge in [-0.3, -0.25) is 4.79 Å². The zero-order valence-corrected chi connectivity index (χ0v) is 10.7. The first-order chi connectivity index (χ1) is 8.60. The maximum atomic E-state index is 11.8. The number of nitrogens with one attached hydrogen (secondary N) is 2. The Morgan fingerprint density at radius 2 is 2.17 bits per heavy atom. The lowest BCUT2D eigenvalue weighted by Crippen LogP contribution is -2.25. The summed E-state index contributed by atoms with van der Waals surface area (Å²) in [5.41, 5.74) is 2.22. The van der Waals surface area contributed by atoms with Gasteiger partial charge in [0.1, 0.15) is 0 Å². The molecule has 1 unspecified atom stereocenters. The number of rotatable bonds is 6. The first-order valence-electron chi connectivity index (χ1n) is 6.00. The summed E-state index contributed by atoms with van der Waals surface area (Å²) >= 11 is 0. The third-order valence-corrected chi connectivity index (χ3v) is 2.65. The molecule has 0 radical (unpaired) electrons. The van der Waals surface area contributed by atoms with E-state index in [4.69, 9.17) is 5.11 Å². The third-order valence-electron chi connectivity index (χ3n) is 2.65. The Morgan fingerprint density at radius 3 is 2.78 bits per heavy atom. The van der Waals surface area contributed by atoms with Crippen molar-refractivity contribution >= 4 is 11.6 Å². The lowest BCUT2D eigenvalue weighted by molar-refractivity contribution is 0.0955. The van der Waals surface area contributed by atoms with Crippen molar-refractivity contribution in [2.24, 2.45) is 0 Å². The molecule has 5 nitrogen and oxygen atoms in total. The molecule has 1 aromatic rings. The summed E-state index contributed by atoms with van der Waals surface area (Å²) in [6, 6.07) is 5.38. The Morgan fingerprint density at radius 1 is 1.44 bits per heavy atom. The van der Waals surface area contributed by atoms with Gasteiger partial charge in [0.2, 0.25) is 0 Å². The molecule has 0 saturated heterocycles. The van der Waals surface area contributed by atoms with Crippen LogP contribution >= 0.6 is 0 Å². The largest absolute Gasteiger partial charge is 0.394 e. The summed E-state index contributed by atoms with van der Waals surface area (Å²) < 4.78 is 0. The van der Waals surface area contributed by atoms with Crippen molar-refractivity contribution in [3.8, 4) is 0 Å². The molecule has 0 aliphatic rings. The topological polar surface area (TPSA) is 81.6 Å². The number of amides is 1. The van der Waals surface area contributed by atoms with Gasteiger partial charge in [0.15, 0.2) is 0 Å². The average molecular weight is 252 g/mol. The number of aliphatic hydroxyl groups is 2. The van der Waals surface area contributed by atoms with Gasteiger partial charge in [0, 0.05) is 24.3 Å². The SMILES string of the molecule is CCNC(=O)c1cccc(NCC(O)CO)c1C. The summed E-state index contributed by atoms with van der Waals surface area (Å²) in [6.45, 7) is 4.25. The highest BCUT2D eigenvalue weighted by molar-refractivity contribution is 5.96. The number of aliphatic hydroxyl groups excluding tert-OH is 2. The van der Waals surface area contributed by atoms with E-state index in [-0.39, 0.29) is 19.1 Å². The van der Waals surface area contributed by atoms with Crippen LogP contribution in [0.3, 0.4) is 0 Å². The van der Waals surface area contributed by atoms with Gasteiger partial charge in [0.25, 0.3) is 5.91 Å². The number of benzene rings is 1. The Hall–Kier alpha value is -1.59. The molecule has 4 N–H and O–H groups in total. The van der Waals surface area contributed by atoms with Crippen LogP contribution in [0.1, 0.15) is 22.8 Å². The minimum atomic E-state index is -0.808. The summed E-state index contributed by atoms with van der Waals surface area (Å²) in [6.07, 6.45) is -0.808. The smallest absolute Gasteiger partial charge is 0.251 e. The van der Waals surface area contributed by atoms with E-state index in [0.717, 1.165) is 11.3 Å². The molecular formula is C13H20N2O3. The van der Waals surface area contributed by atoms with Gasteiger partial charge >= 0.3 is 0 Å². The van der Waals surface area contributed by atoms with Crippen molar-refractivity contribution in [3.05, 3.63) is 29.3 Å². The second-order valence-corrected chi connectivity index (χ2v) is 4.05. The van der Waals surface area contributed by atoms with Crippen LogP contribution < -0.4 is 10.6 Å². The maximum Gasteiger partial charge on any atom is 0.251 e. The van der Waals surface area contributed by atoms with E-state index in [9.17, 15) is 9.90 Å². The summed E-state index contributed by atoms with van der Waals surface area (Å²) in [4.78, 5) is 11.8. The van der Waals surface area contributed by atoms with Crippen LogP contribution in [0.5, 0.6) is 0 Å². The molecule has 1 atom stereocenters. The standard InChI is InChI=1S/C13H20N2O3/c1-3-14-13(18)11-5-4-6-12(9(11)2)15-7-10(17)8-16/h4-6,10,15-17H,3,7-8H2,1-2H3,(H,14,18). The number of anilines is 1. The second kappa shape index (κ2) is 6.98. The minimum Gasteiger partial charge on any atom is -0.394 e. The van der Waals surface area contributed by atoms with Gasteiger partial charge in [0.05, 0.1) is 12.7 Å². The Balaban J connectivity index is 2.81. The van der Waals surface area contributed by atoms with Crippen molar-refractivity contribution in [1.82, 2.24) is 5.32 Å². The number of carbonyl (C=O) groups is 1. The molecule has 0 aromatic heterocycles. The predicted octanol–water partition coefficient (Wildman–Crippen LogP) is 0.510. The van der Waals surface area contributed by atoms with Crippen LogP contribution in [0.4, 0.5) is 5.69 Å². The van der Waals surface area contributed by atoms with Crippen LogP contribution in [0.2, 0.25) is 0 Å². The Kier molecular flexibility index (Phi) is 5.61. The van der Waals surface area contributed by atoms with Crippen molar-refractivity contribution in [1.29, 1.82) is 0 Å². The Bertz CT molecular complexity index is 407. The summed E-state index contributed by atoms with van der Waals surface area (Å²) in [7, 11) is 0. The molecule has 0 aliphatic carbocycles. The monoisotopic (exact) mass is 252 g/mol. The zero-order valence-electron chi connectivity index (χ0n) is 10.7. The molecule has 0 heterocycles. The van der Waals surface area contributed by atoms with E-state index in [0.29, 0.717) is 12.1 Å². The van der Waals surface area contributed by atoms with E-state index < -0.39 is 6.10 Å². The van der Waals surface area contributed by atoms with E-state index in [1.165, 1.54) is 0 Å². The van der Waals surface area contributed by atoms with Crippen molar-refractivity contribution in [2.45, 2.75) is 20.0 Å². The number of carbonyl (C=O) groups excluding carboxylic acids is 1. The van der Waals surface area contributed by atoms with E-state index in [1.54, 1.807) is 12.1 Å². The fourth-order valence-electron chi connectivity index (χ4n) is 1.62. The minimum absolute atomic E-state index is 0.110. The molecule has 5 heteroatoms. The van der Waals surface area contributed by atoms with Crippen LogP contribution in [0.25, 0.3) is 0 Å². The highest BCUT2D eigenvalue weighted by Gasteiger charge is 2.11. The van der Waals surface area contributed by atoms with Crippen LogP contribution in [-0.4, -0.2) is 41.9 Å². The highest BCUT2D eigenvalue weighted by Crippen LogP contribution is 2.18. The molecule has 0 bridgehead atoms. The fraction of sp³-hybridized carbons (Fsp3) is 0.462. The summed E-state index contributed by atoms with van der Waals surface area (Å²) in [5, 5.41) is 23.8. The first kappa shape index (κ1) is 14.5. The summed E-state index contributed by atoms with van der Waals surface area (Å²) in [5.74, 6) is -0.110. The predicted molar refractivity (Wildman–Crippen MR) is 70.8 cm³/mol. The van der Waals surface area contributed by atoms with Crippen molar-refractivity contribution in [2.75, 3.05) is 25.0 Å². The van der Waals surface area contributed by atoms with Gasteiger partial charge in [-0.25, -0.2) is 0 Å². The van der Waals surface area contributed by atoms with Crippen LogP contribution in [0, 0.1) is 6.92 Å². The lowest BCUT2D eigenvalue weighted by Gasteiger charge is -2.14. The molecule has 1 amide bonds. The fourth-order valence-corrected chi connectivity index (χ4v) is 1.62. The normalized spacial score (nSPS) is 12.0. The first-order valence-corrected chi connectivity index (χ1v) is 6.00. The van der Waals surface area contributed by atoms with Gasteiger partial charge in [-0.1, -0.05) is 6.07 Å². The quantitative estimate of drug-likeness (QED) is 0.594. The lowest BCUT2D eigenvalue weighted by atomic mass is 10.1. The molecule has 0 saturated carbocycles. The van der Waals surface area contributed by atoms with Gasteiger partial charge in [-0.2, -0.15) is 0 Å². The molecule has 0 spiro atoms. The van der Waals surface area contributed by atoms with Crippen molar-refractivity contribution in [3.63, 3.8) is 0 Å². The van der Waals surface area contributed by atoms with Gasteiger partial charge in [-0.05, 0) is 31.5 Å². The van der Waals surface area contributed by atoms with Gasteiger partial charge < -0.3 is 20.8 Å². The highest BCUT2D eigenvalue weighted by atomic mass is 16.3. The molecule has 1 aromatic carbocycles. The van der Waals surface area contributed by atoms with Crippen LogP contribution in [-0.2, 0) is 0 Å². The molecule has 100 valence electrons. The number of hydrogen-bond acceptors (Lipinski definition) is 4. The second-order valence-electron chi connectivity index (χ2n) is 4.05. The zero-order chi connectivity index (χ0) is 13.5. The molecule has 1 rings (SSSR count). The third kappa shape index (κ3) is 3.72. The van der Waals surface area contributed by atoms with Crippen LogP contribution in [0.15, 0.2) is 18.2 Å². The molecule has 18 heavy (non-hydrogen) atoms. The molecule has 0 aliphatic heterocycles. The van der Waals surface area contributed by atoms with E-state index in [1.807, 2.05) is 19.9 Å². The molecular weight excluding hydrogens is 232 g/mol. The van der Waals surface area contributed by atoms with Gasteiger partial charge in [-0.15, -0.1) is 0 Å². The van der Waals surface area contributed by atoms with Crippen molar-refractivity contribution < 1.29 is 15.0 Å². The van der Waals surface area contributed by atoms with E-state index in [2.05, 4.69) is 10.6 Å². The Labute approximate surface area is 107 Å². The maximum absolute atomic E-state index is 11.8. The average Bonchev–Trinajstić information content (AvgIpc) is 2.37. The van der Waals surface area contributed by atoms with E-state index >= 15 is 0 Å². The number of hydrogen-bond donors (Lipinski definition) is 4. The molecule has 0 fully saturated rings.